The van der Waals surface area contributed by atoms with Gasteiger partial charge in [0, 0.05) is 22.9 Å². The van der Waals surface area contributed by atoms with E-state index in [0.29, 0.717) is 28.6 Å². The van der Waals surface area contributed by atoms with Crippen LogP contribution in [0.25, 0.3) is 11.3 Å². The molecular weight excluding hydrogens is 390 g/mol. The number of benzene rings is 3. The van der Waals surface area contributed by atoms with Gasteiger partial charge in [0.25, 0.3) is 5.91 Å². The van der Waals surface area contributed by atoms with Gasteiger partial charge < -0.3 is 14.8 Å². The van der Waals surface area contributed by atoms with Crippen molar-refractivity contribution >= 4 is 11.6 Å². The molecule has 154 valence electrons. The zero-order valence-corrected chi connectivity index (χ0v) is 17.2. The van der Waals surface area contributed by atoms with Crippen LogP contribution in [-0.4, -0.2) is 23.0 Å². The van der Waals surface area contributed by atoms with Crippen molar-refractivity contribution in [1.82, 2.24) is 9.97 Å². The molecule has 1 heterocycles. The number of amides is 1. The van der Waals surface area contributed by atoms with Crippen molar-refractivity contribution in [3.8, 4) is 28.6 Å². The zero-order valence-electron chi connectivity index (χ0n) is 17.2. The summed E-state index contributed by atoms with van der Waals surface area (Å²) in [6.45, 7) is 1.98. The highest BCUT2D eigenvalue weighted by Gasteiger charge is 2.10. The predicted molar refractivity (Wildman–Crippen MR) is 120 cm³/mol. The van der Waals surface area contributed by atoms with E-state index >= 15 is 0 Å². The molecule has 4 aromatic rings. The van der Waals surface area contributed by atoms with Crippen LogP contribution < -0.4 is 14.8 Å². The van der Waals surface area contributed by atoms with Crippen LogP contribution in [0.15, 0.2) is 85.2 Å². The molecule has 0 aliphatic rings. The number of hydrogen-bond donors (Lipinski definition) is 1. The summed E-state index contributed by atoms with van der Waals surface area (Å²) in [5, 5.41) is 2.91. The average Bonchev–Trinajstić information content (AvgIpc) is 2.80. The van der Waals surface area contributed by atoms with Crippen molar-refractivity contribution < 1.29 is 14.3 Å². The van der Waals surface area contributed by atoms with Gasteiger partial charge in [0.15, 0.2) is 11.5 Å². The molecular formula is C25H21N3O3. The lowest BCUT2D eigenvalue weighted by Crippen LogP contribution is -2.11. The van der Waals surface area contributed by atoms with E-state index in [1.807, 2.05) is 67.6 Å². The van der Waals surface area contributed by atoms with E-state index < -0.39 is 0 Å². The number of ether oxygens (including phenoxy) is 2. The molecule has 6 heteroatoms. The van der Waals surface area contributed by atoms with Gasteiger partial charge in [0.2, 0.25) is 5.88 Å². The van der Waals surface area contributed by atoms with Crippen LogP contribution in [0.4, 0.5) is 5.69 Å². The Bertz CT molecular complexity index is 1210. The summed E-state index contributed by atoms with van der Waals surface area (Å²) in [6, 6.07) is 24.0. The van der Waals surface area contributed by atoms with Crippen molar-refractivity contribution in [2.75, 3.05) is 12.4 Å². The quantitative estimate of drug-likeness (QED) is 0.453. The molecule has 31 heavy (non-hydrogen) atoms. The topological polar surface area (TPSA) is 73.3 Å². The Morgan fingerprint density at radius 2 is 1.65 bits per heavy atom. The van der Waals surface area contributed by atoms with Crippen LogP contribution in [0.1, 0.15) is 15.9 Å². The summed E-state index contributed by atoms with van der Waals surface area (Å²) in [5.74, 6) is 1.42. The van der Waals surface area contributed by atoms with Gasteiger partial charge in [-0.3, -0.25) is 4.79 Å². The van der Waals surface area contributed by atoms with Gasteiger partial charge in [-0.2, -0.15) is 0 Å². The molecule has 0 saturated heterocycles. The molecule has 1 aromatic heterocycles. The number of aromatic nitrogens is 2. The first kappa shape index (κ1) is 20.1. The standard InChI is InChI=1S/C25H21N3O3/c1-17-6-5-7-20(14-17)28-25(29)19-12-10-18(11-13-19)21-15-24(27-16-26-21)31-23-9-4-3-8-22(23)30-2/h3-16H,1-2H3,(H,28,29). The number of methoxy groups -OCH3 is 1. The second-order valence-corrected chi connectivity index (χ2v) is 6.90. The number of carbonyl (C=O) groups excluding carboxylic acids is 1. The van der Waals surface area contributed by atoms with Crippen LogP contribution >= 0.6 is 0 Å². The molecule has 0 saturated carbocycles. The summed E-state index contributed by atoms with van der Waals surface area (Å²) >= 11 is 0. The van der Waals surface area contributed by atoms with E-state index in [9.17, 15) is 4.79 Å². The molecule has 0 atom stereocenters. The maximum atomic E-state index is 12.5. The predicted octanol–water partition coefficient (Wildman–Crippen LogP) is 5.51. The van der Waals surface area contributed by atoms with Crippen molar-refractivity contribution in [3.05, 3.63) is 96.3 Å². The van der Waals surface area contributed by atoms with Crippen LogP contribution in [-0.2, 0) is 0 Å². The third-order valence-corrected chi connectivity index (χ3v) is 4.64. The number of nitrogens with one attached hydrogen (secondary N) is 1. The molecule has 1 N–H and O–H groups in total. The van der Waals surface area contributed by atoms with Crippen molar-refractivity contribution in [2.45, 2.75) is 6.92 Å². The summed E-state index contributed by atoms with van der Waals surface area (Å²) in [4.78, 5) is 21.0. The van der Waals surface area contributed by atoms with E-state index in [2.05, 4.69) is 15.3 Å². The lowest BCUT2D eigenvalue weighted by molar-refractivity contribution is 0.102. The third kappa shape index (κ3) is 4.87. The first-order chi connectivity index (χ1) is 15.1. The SMILES string of the molecule is COc1ccccc1Oc1cc(-c2ccc(C(=O)Nc3cccc(C)c3)cc2)ncn1. The van der Waals surface area contributed by atoms with Gasteiger partial charge in [0.05, 0.1) is 12.8 Å². The molecule has 3 aromatic carbocycles. The zero-order chi connectivity index (χ0) is 21.6. The minimum Gasteiger partial charge on any atom is -0.493 e. The fraction of sp³-hybridized carbons (Fsp3) is 0.0800. The van der Waals surface area contributed by atoms with E-state index in [1.165, 1.54) is 6.33 Å². The second kappa shape index (κ2) is 9.09. The number of aryl methyl sites for hydroxylation is 1. The lowest BCUT2D eigenvalue weighted by Gasteiger charge is -2.10. The molecule has 0 aliphatic carbocycles. The van der Waals surface area contributed by atoms with Crippen LogP contribution in [0.5, 0.6) is 17.4 Å². The third-order valence-electron chi connectivity index (χ3n) is 4.64. The van der Waals surface area contributed by atoms with Crippen LogP contribution in [0, 0.1) is 6.92 Å². The Labute approximate surface area is 180 Å². The molecule has 4 rings (SSSR count). The van der Waals surface area contributed by atoms with Gasteiger partial charge in [-0.25, -0.2) is 9.97 Å². The fourth-order valence-electron chi connectivity index (χ4n) is 3.09. The number of carbonyl (C=O) groups is 1. The van der Waals surface area contributed by atoms with E-state index in [1.54, 1.807) is 25.3 Å². The Morgan fingerprint density at radius 1 is 0.871 bits per heavy atom. The van der Waals surface area contributed by atoms with Crippen LogP contribution in [0.2, 0.25) is 0 Å². The van der Waals surface area contributed by atoms with Gasteiger partial charge >= 0.3 is 0 Å². The summed E-state index contributed by atoms with van der Waals surface area (Å²) < 4.78 is 11.2. The van der Waals surface area contributed by atoms with E-state index in [4.69, 9.17) is 9.47 Å². The maximum absolute atomic E-state index is 12.5. The Hall–Kier alpha value is -4.19. The van der Waals surface area contributed by atoms with Crippen molar-refractivity contribution in [2.24, 2.45) is 0 Å². The van der Waals surface area contributed by atoms with Gasteiger partial charge in [-0.1, -0.05) is 36.4 Å². The summed E-state index contributed by atoms with van der Waals surface area (Å²) in [6.07, 6.45) is 1.44. The van der Waals surface area contributed by atoms with Crippen LogP contribution in [0.3, 0.4) is 0 Å². The number of rotatable bonds is 6. The molecule has 0 unspecified atom stereocenters. The van der Waals surface area contributed by atoms with Gasteiger partial charge in [-0.15, -0.1) is 0 Å². The Morgan fingerprint density at radius 3 is 2.39 bits per heavy atom. The average molecular weight is 411 g/mol. The first-order valence-corrected chi connectivity index (χ1v) is 9.74. The van der Waals surface area contributed by atoms with E-state index in [-0.39, 0.29) is 5.91 Å². The number of nitrogens with zero attached hydrogens (tertiary/aromatic N) is 2. The Kier molecular flexibility index (Phi) is 5.89. The molecule has 1 amide bonds. The lowest BCUT2D eigenvalue weighted by atomic mass is 10.1. The molecule has 0 radical (unpaired) electrons. The van der Waals surface area contributed by atoms with E-state index in [0.717, 1.165) is 16.8 Å². The molecule has 0 spiro atoms. The highest BCUT2D eigenvalue weighted by atomic mass is 16.5. The summed E-state index contributed by atoms with van der Waals surface area (Å²) in [5.41, 5.74) is 3.95. The number of hydrogen-bond acceptors (Lipinski definition) is 5. The highest BCUT2D eigenvalue weighted by molar-refractivity contribution is 6.04. The minimum atomic E-state index is -0.167. The first-order valence-electron chi connectivity index (χ1n) is 9.74. The normalized spacial score (nSPS) is 10.4. The fourth-order valence-corrected chi connectivity index (χ4v) is 3.09. The molecule has 6 nitrogen and oxygen atoms in total. The van der Waals surface area contributed by atoms with Crippen molar-refractivity contribution in [3.63, 3.8) is 0 Å². The van der Waals surface area contributed by atoms with Crippen molar-refractivity contribution in [1.29, 1.82) is 0 Å². The second-order valence-electron chi connectivity index (χ2n) is 6.90. The number of anilines is 1. The highest BCUT2D eigenvalue weighted by Crippen LogP contribution is 2.31. The van der Waals surface area contributed by atoms with Gasteiger partial charge in [-0.05, 0) is 48.9 Å². The molecule has 0 bridgehead atoms. The Balaban J connectivity index is 1.50. The van der Waals surface area contributed by atoms with Gasteiger partial charge in [0.1, 0.15) is 6.33 Å². The monoisotopic (exact) mass is 411 g/mol. The molecule has 0 aliphatic heterocycles. The molecule has 0 fully saturated rings. The largest absolute Gasteiger partial charge is 0.493 e. The summed E-state index contributed by atoms with van der Waals surface area (Å²) in [7, 11) is 1.59. The number of para-hydroxylation sites is 2. The minimum absolute atomic E-state index is 0.167. The maximum Gasteiger partial charge on any atom is 0.255 e. The smallest absolute Gasteiger partial charge is 0.255 e.